The lowest BCUT2D eigenvalue weighted by molar-refractivity contribution is -0.137. The van der Waals surface area contributed by atoms with E-state index in [2.05, 4.69) is 4.72 Å². The zero-order chi connectivity index (χ0) is 14.5. The highest BCUT2D eigenvalue weighted by Gasteiger charge is 2.12. The van der Waals surface area contributed by atoms with Gasteiger partial charge in [-0.3, -0.25) is 9.52 Å². The van der Waals surface area contributed by atoms with Gasteiger partial charge in [0.05, 0.1) is 22.0 Å². The number of benzene rings is 1. The van der Waals surface area contributed by atoms with Crippen molar-refractivity contribution in [2.24, 2.45) is 0 Å². The Morgan fingerprint density at radius 1 is 1.47 bits per heavy atom. The van der Waals surface area contributed by atoms with Crippen molar-refractivity contribution < 1.29 is 18.3 Å². The summed E-state index contributed by atoms with van der Waals surface area (Å²) >= 11 is 5.77. The third-order valence-corrected chi connectivity index (χ3v) is 3.85. The first-order valence-corrected chi connectivity index (χ1v) is 7.29. The minimum Gasteiger partial charge on any atom is -0.481 e. The van der Waals surface area contributed by atoms with E-state index in [1.807, 2.05) is 6.07 Å². The number of sulfonamides is 1. The number of rotatable bonds is 6. The Morgan fingerprint density at radius 2 is 2.16 bits per heavy atom. The summed E-state index contributed by atoms with van der Waals surface area (Å²) in [6.45, 7) is 0. The van der Waals surface area contributed by atoms with Crippen molar-refractivity contribution in [2.75, 3.05) is 10.5 Å². The number of hydrogen-bond acceptors (Lipinski definition) is 4. The molecular weight excluding hydrogens is 292 g/mol. The molecule has 2 N–H and O–H groups in total. The van der Waals surface area contributed by atoms with Gasteiger partial charge in [-0.15, -0.1) is 0 Å². The highest BCUT2D eigenvalue weighted by atomic mass is 35.5. The van der Waals surface area contributed by atoms with Crippen LogP contribution in [0, 0.1) is 11.3 Å². The average molecular weight is 303 g/mol. The maximum Gasteiger partial charge on any atom is 0.303 e. The molecule has 0 saturated carbocycles. The number of anilines is 1. The standard InChI is InChI=1S/C11H11ClN2O4S/c12-10-6-9(4-3-8(10)7-13)14-19(17,18)5-1-2-11(15)16/h3-4,6,14H,1-2,5H2,(H,15,16). The van der Waals surface area contributed by atoms with Crippen molar-refractivity contribution >= 4 is 33.3 Å². The second-order valence-corrected chi connectivity index (χ2v) is 5.97. The summed E-state index contributed by atoms with van der Waals surface area (Å²) in [5, 5.41) is 17.3. The molecule has 19 heavy (non-hydrogen) atoms. The van der Waals surface area contributed by atoms with Gasteiger partial charge in [0, 0.05) is 6.42 Å². The van der Waals surface area contributed by atoms with Crippen LogP contribution in [0.1, 0.15) is 18.4 Å². The van der Waals surface area contributed by atoms with Crippen LogP contribution in [0.15, 0.2) is 18.2 Å². The zero-order valence-corrected chi connectivity index (χ0v) is 11.3. The fourth-order valence-electron chi connectivity index (χ4n) is 1.31. The van der Waals surface area contributed by atoms with Crippen LogP contribution in [0.25, 0.3) is 0 Å². The molecule has 1 aromatic rings. The van der Waals surface area contributed by atoms with Gasteiger partial charge in [0.25, 0.3) is 0 Å². The number of aliphatic carboxylic acids is 1. The highest BCUT2D eigenvalue weighted by molar-refractivity contribution is 7.92. The predicted octanol–water partition coefficient (Wildman–Crippen LogP) is 1.82. The van der Waals surface area contributed by atoms with Crippen LogP contribution in [-0.4, -0.2) is 25.2 Å². The van der Waals surface area contributed by atoms with Crippen molar-refractivity contribution in [3.8, 4) is 6.07 Å². The number of nitrogens with zero attached hydrogens (tertiary/aromatic N) is 1. The van der Waals surface area contributed by atoms with Gasteiger partial charge >= 0.3 is 5.97 Å². The fraction of sp³-hybridized carbons (Fsp3) is 0.273. The molecule has 0 aliphatic heterocycles. The maximum absolute atomic E-state index is 11.6. The van der Waals surface area contributed by atoms with Gasteiger partial charge in [-0.1, -0.05) is 11.6 Å². The molecular formula is C11H11ClN2O4S. The first-order valence-electron chi connectivity index (χ1n) is 5.26. The van der Waals surface area contributed by atoms with Gasteiger partial charge in [0.1, 0.15) is 6.07 Å². The highest BCUT2D eigenvalue weighted by Crippen LogP contribution is 2.21. The van der Waals surface area contributed by atoms with Crippen LogP contribution in [0.3, 0.4) is 0 Å². The summed E-state index contributed by atoms with van der Waals surface area (Å²) in [5.74, 6) is -1.34. The second kappa shape index (κ2) is 6.41. The first kappa shape index (κ1) is 15.3. The van der Waals surface area contributed by atoms with Gasteiger partial charge in [-0.05, 0) is 24.6 Å². The summed E-state index contributed by atoms with van der Waals surface area (Å²) in [4.78, 5) is 10.3. The molecule has 1 rings (SSSR count). The quantitative estimate of drug-likeness (QED) is 0.833. The summed E-state index contributed by atoms with van der Waals surface area (Å²) in [7, 11) is -3.62. The topological polar surface area (TPSA) is 107 Å². The van der Waals surface area contributed by atoms with Crippen LogP contribution >= 0.6 is 11.6 Å². The lowest BCUT2D eigenvalue weighted by Gasteiger charge is -2.08. The minimum absolute atomic E-state index is 0.0225. The smallest absolute Gasteiger partial charge is 0.303 e. The number of hydrogen-bond donors (Lipinski definition) is 2. The molecule has 0 atom stereocenters. The molecule has 0 fully saturated rings. The Bertz CT molecular complexity index is 622. The van der Waals surface area contributed by atoms with E-state index < -0.39 is 16.0 Å². The molecule has 0 amide bonds. The Morgan fingerprint density at radius 3 is 2.68 bits per heavy atom. The Hall–Kier alpha value is -1.78. The summed E-state index contributed by atoms with van der Waals surface area (Å²) in [5.41, 5.74) is 0.481. The number of carbonyl (C=O) groups is 1. The largest absolute Gasteiger partial charge is 0.481 e. The van der Waals surface area contributed by atoms with Crippen LogP contribution in [0.5, 0.6) is 0 Å². The van der Waals surface area contributed by atoms with E-state index in [0.717, 1.165) is 0 Å². The van der Waals surface area contributed by atoms with E-state index in [4.69, 9.17) is 22.0 Å². The molecule has 1 aromatic carbocycles. The maximum atomic E-state index is 11.6. The van der Waals surface area contributed by atoms with Gasteiger partial charge in [0.2, 0.25) is 10.0 Å². The second-order valence-electron chi connectivity index (χ2n) is 3.72. The fourth-order valence-corrected chi connectivity index (χ4v) is 2.65. The summed E-state index contributed by atoms with van der Waals surface area (Å²) in [6, 6.07) is 6.00. The van der Waals surface area contributed by atoms with Crippen molar-refractivity contribution in [3.63, 3.8) is 0 Å². The van der Waals surface area contributed by atoms with Gasteiger partial charge < -0.3 is 5.11 Å². The van der Waals surface area contributed by atoms with Crippen molar-refractivity contribution in [1.29, 1.82) is 5.26 Å². The Labute approximate surface area is 115 Å². The third-order valence-electron chi connectivity index (χ3n) is 2.17. The molecule has 0 aromatic heterocycles. The SMILES string of the molecule is N#Cc1ccc(NS(=O)(=O)CCCC(=O)O)cc1Cl. The molecule has 8 heteroatoms. The first-order chi connectivity index (χ1) is 8.84. The summed E-state index contributed by atoms with van der Waals surface area (Å²) < 4.78 is 25.5. The number of nitriles is 1. The molecule has 102 valence electrons. The molecule has 0 heterocycles. The number of carboxylic acid groups (broad SMARTS) is 1. The van der Waals surface area contributed by atoms with Crippen LogP contribution in [0.2, 0.25) is 5.02 Å². The van der Waals surface area contributed by atoms with E-state index in [9.17, 15) is 13.2 Å². The van der Waals surface area contributed by atoms with Crippen molar-refractivity contribution in [3.05, 3.63) is 28.8 Å². The van der Waals surface area contributed by atoms with Crippen molar-refractivity contribution in [1.82, 2.24) is 0 Å². The molecule has 0 aliphatic carbocycles. The van der Waals surface area contributed by atoms with Gasteiger partial charge in [-0.2, -0.15) is 5.26 Å². The van der Waals surface area contributed by atoms with E-state index in [0.29, 0.717) is 0 Å². The van der Waals surface area contributed by atoms with E-state index >= 15 is 0 Å². The lowest BCUT2D eigenvalue weighted by Crippen LogP contribution is -2.17. The third kappa shape index (κ3) is 5.16. The van der Waals surface area contributed by atoms with E-state index in [-0.39, 0.29) is 34.9 Å². The Kier molecular flexibility index (Phi) is 5.15. The normalized spacial score (nSPS) is 10.7. The molecule has 0 unspecified atom stereocenters. The number of nitrogens with one attached hydrogen (secondary N) is 1. The molecule has 0 spiro atoms. The molecule has 0 bridgehead atoms. The number of halogens is 1. The Balaban J connectivity index is 2.71. The monoisotopic (exact) mass is 302 g/mol. The molecule has 0 aliphatic rings. The minimum atomic E-state index is -3.62. The van der Waals surface area contributed by atoms with Crippen LogP contribution in [0.4, 0.5) is 5.69 Å². The van der Waals surface area contributed by atoms with Gasteiger partial charge in [0.15, 0.2) is 0 Å². The van der Waals surface area contributed by atoms with Crippen LogP contribution in [-0.2, 0) is 14.8 Å². The number of carboxylic acids is 1. The molecule has 0 saturated heterocycles. The lowest BCUT2D eigenvalue weighted by atomic mass is 10.2. The predicted molar refractivity (Wildman–Crippen MR) is 70.4 cm³/mol. The van der Waals surface area contributed by atoms with E-state index in [1.54, 1.807) is 0 Å². The van der Waals surface area contributed by atoms with Crippen molar-refractivity contribution in [2.45, 2.75) is 12.8 Å². The summed E-state index contributed by atoms with van der Waals surface area (Å²) in [6.07, 6.45) is -0.191. The van der Waals surface area contributed by atoms with Gasteiger partial charge in [-0.25, -0.2) is 8.42 Å². The van der Waals surface area contributed by atoms with Crippen LogP contribution < -0.4 is 4.72 Å². The molecule has 6 nitrogen and oxygen atoms in total. The zero-order valence-electron chi connectivity index (χ0n) is 9.76. The average Bonchev–Trinajstić information content (AvgIpc) is 2.27. The van der Waals surface area contributed by atoms with E-state index in [1.165, 1.54) is 18.2 Å². The molecule has 0 radical (unpaired) electrons.